The summed E-state index contributed by atoms with van der Waals surface area (Å²) in [6, 6.07) is 15.1. The number of hydrogen-bond acceptors (Lipinski definition) is 3. The molecule has 0 spiro atoms. The Morgan fingerprint density at radius 2 is 1.90 bits per heavy atom. The summed E-state index contributed by atoms with van der Waals surface area (Å²) in [6.07, 6.45) is 6.96. The van der Waals surface area contributed by atoms with E-state index in [-0.39, 0.29) is 6.61 Å². The summed E-state index contributed by atoms with van der Waals surface area (Å²) >= 11 is 0. The van der Waals surface area contributed by atoms with Crippen LogP contribution in [0.1, 0.15) is 5.56 Å². The number of terminal acetylenes is 1. The fourth-order valence-electron chi connectivity index (χ4n) is 1.65. The highest BCUT2D eigenvalue weighted by Gasteiger charge is 1.99. The van der Waals surface area contributed by atoms with Crippen molar-refractivity contribution in [2.75, 3.05) is 13.7 Å². The lowest BCUT2D eigenvalue weighted by molar-refractivity contribution is 0.370. The van der Waals surface area contributed by atoms with Gasteiger partial charge in [0.1, 0.15) is 18.1 Å². The van der Waals surface area contributed by atoms with E-state index in [1.165, 1.54) is 0 Å². The zero-order chi connectivity index (χ0) is 14.2. The molecule has 3 nitrogen and oxygen atoms in total. The lowest BCUT2D eigenvalue weighted by atomic mass is 10.2. The largest absolute Gasteiger partial charge is 0.497 e. The lowest BCUT2D eigenvalue weighted by Gasteiger charge is -2.05. The number of methoxy groups -OCH3 is 1. The molecule has 0 atom stereocenters. The second-order valence-corrected chi connectivity index (χ2v) is 3.99. The van der Waals surface area contributed by atoms with Crippen molar-refractivity contribution in [1.29, 1.82) is 0 Å². The van der Waals surface area contributed by atoms with Crippen molar-refractivity contribution in [3.05, 3.63) is 54.1 Å². The maximum absolute atomic E-state index is 5.46. The average molecular weight is 265 g/mol. The molecular weight excluding hydrogens is 250 g/mol. The topological polar surface area (TPSA) is 30.8 Å². The molecule has 0 saturated carbocycles. The standard InChI is InChI=1S/C17H15NO2/c1-3-12-20-17-7-5-4-6-14(17)13-18-15-8-10-16(19-2)11-9-15/h1,4-11,13H,12H2,2H3. The molecule has 2 aromatic carbocycles. The Labute approximate surface area is 118 Å². The van der Waals surface area contributed by atoms with E-state index in [9.17, 15) is 0 Å². The fraction of sp³-hybridized carbons (Fsp3) is 0.118. The second kappa shape index (κ2) is 7.01. The number of rotatable bonds is 5. The molecule has 0 unspecified atom stereocenters. The Bertz CT molecular complexity index is 624. The first-order chi connectivity index (χ1) is 9.83. The van der Waals surface area contributed by atoms with Gasteiger partial charge in [-0.2, -0.15) is 0 Å². The van der Waals surface area contributed by atoms with E-state index in [4.69, 9.17) is 15.9 Å². The van der Waals surface area contributed by atoms with Crippen LogP contribution in [-0.4, -0.2) is 19.9 Å². The third kappa shape index (κ3) is 3.63. The number of aliphatic imine (C=N–C) groups is 1. The summed E-state index contributed by atoms with van der Waals surface area (Å²) in [5.74, 6) is 3.98. The molecule has 0 heterocycles. The molecule has 0 aromatic heterocycles. The van der Waals surface area contributed by atoms with Crippen molar-refractivity contribution in [1.82, 2.24) is 0 Å². The van der Waals surface area contributed by atoms with Gasteiger partial charge in [0.05, 0.1) is 12.8 Å². The van der Waals surface area contributed by atoms with Gasteiger partial charge in [-0.25, -0.2) is 0 Å². The van der Waals surface area contributed by atoms with E-state index in [1.807, 2.05) is 48.5 Å². The van der Waals surface area contributed by atoms with Gasteiger partial charge in [0, 0.05) is 11.8 Å². The second-order valence-electron chi connectivity index (χ2n) is 3.99. The molecule has 100 valence electrons. The van der Waals surface area contributed by atoms with E-state index in [2.05, 4.69) is 10.9 Å². The summed E-state index contributed by atoms with van der Waals surface area (Å²) in [5.41, 5.74) is 1.73. The molecule has 0 aliphatic rings. The van der Waals surface area contributed by atoms with Crippen molar-refractivity contribution in [3.63, 3.8) is 0 Å². The van der Waals surface area contributed by atoms with Gasteiger partial charge in [-0.05, 0) is 36.4 Å². The molecule has 0 fully saturated rings. The van der Waals surface area contributed by atoms with Gasteiger partial charge in [0.25, 0.3) is 0 Å². The SMILES string of the molecule is C#CCOc1ccccc1C=Nc1ccc(OC)cc1. The molecule has 20 heavy (non-hydrogen) atoms. The third-order valence-electron chi connectivity index (χ3n) is 2.66. The molecule has 2 rings (SSSR count). The van der Waals surface area contributed by atoms with Gasteiger partial charge in [-0.3, -0.25) is 4.99 Å². The number of benzene rings is 2. The van der Waals surface area contributed by atoms with Crippen LogP contribution in [0.4, 0.5) is 5.69 Å². The normalized spacial score (nSPS) is 10.2. The van der Waals surface area contributed by atoms with Crippen LogP contribution >= 0.6 is 0 Å². The molecule has 0 radical (unpaired) electrons. The fourth-order valence-corrected chi connectivity index (χ4v) is 1.65. The molecule has 0 N–H and O–H groups in total. The quantitative estimate of drug-likeness (QED) is 0.612. The van der Waals surface area contributed by atoms with Crippen LogP contribution < -0.4 is 9.47 Å². The summed E-state index contributed by atoms with van der Waals surface area (Å²) in [5, 5.41) is 0. The minimum Gasteiger partial charge on any atom is -0.497 e. The molecule has 0 saturated heterocycles. The van der Waals surface area contributed by atoms with Crippen LogP contribution in [0.2, 0.25) is 0 Å². The van der Waals surface area contributed by atoms with E-state index >= 15 is 0 Å². The molecule has 0 aliphatic carbocycles. The highest BCUT2D eigenvalue weighted by Crippen LogP contribution is 2.20. The van der Waals surface area contributed by atoms with Gasteiger partial charge in [0.15, 0.2) is 0 Å². The number of nitrogens with zero attached hydrogens (tertiary/aromatic N) is 1. The van der Waals surface area contributed by atoms with Crippen LogP contribution in [-0.2, 0) is 0 Å². The summed E-state index contributed by atoms with van der Waals surface area (Å²) in [4.78, 5) is 4.41. The Morgan fingerprint density at radius 1 is 1.15 bits per heavy atom. The minimum absolute atomic E-state index is 0.243. The maximum Gasteiger partial charge on any atom is 0.148 e. The first-order valence-electron chi connectivity index (χ1n) is 6.17. The summed E-state index contributed by atoms with van der Waals surface area (Å²) in [6.45, 7) is 0.243. The van der Waals surface area contributed by atoms with Gasteiger partial charge < -0.3 is 9.47 Å². The lowest BCUT2D eigenvalue weighted by Crippen LogP contribution is -1.96. The summed E-state index contributed by atoms with van der Waals surface area (Å²) < 4.78 is 10.6. The predicted molar refractivity (Wildman–Crippen MR) is 81.0 cm³/mol. The Balaban J connectivity index is 2.16. The number of para-hydroxylation sites is 1. The average Bonchev–Trinajstić information content (AvgIpc) is 2.52. The van der Waals surface area contributed by atoms with Crippen LogP contribution in [0.15, 0.2) is 53.5 Å². The van der Waals surface area contributed by atoms with E-state index in [0.29, 0.717) is 0 Å². The van der Waals surface area contributed by atoms with Crippen molar-refractivity contribution < 1.29 is 9.47 Å². The predicted octanol–water partition coefficient (Wildman–Crippen LogP) is 3.46. The van der Waals surface area contributed by atoms with Crippen molar-refractivity contribution in [3.8, 4) is 23.8 Å². The highest BCUT2D eigenvalue weighted by molar-refractivity contribution is 5.85. The van der Waals surface area contributed by atoms with Crippen LogP contribution in [0.5, 0.6) is 11.5 Å². The first-order valence-corrected chi connectivity index (χ1v) is 6.17. The Morgan fingerprint density at radius 3 is 2.60 bits per heavy atom. The molecule has 2 aromatic rings. The smallest absolute Gasteiger partial charge is 0.148 e. The molecule has 0 bridgehead atoms. The van der Waals surface area contributed by atoms with Gasteiger partial charge in [0.2, 0.25) is 0 Å². The number of ether oxygens (including phenoxy) is 2. The zero-order valence-electron chi connectivity index (χ0n) is 11.2. The van der Waals surface area contributed by atoms with Gasteiger partial charge >= 0.3 is 0 Å². The molecule has 3 heteroatoms. The van der Waals surface area contributed by atoms with Crippen LogP contribution in [0.25, 0.3) is 0 Å². The minimum atomic E-state index is 0.243. The Hall–Kier alpha value is -2.73. The zero-order valence-corrected chi connectivity index (χ0v) is 11.2. The van der Waals surface area contributed by atoms with E-state index in [0.717, 1.165) is 22.7 Å². The van der Waals surface area contributed by atoms with Gasteiger partial charge in [-0.1, -0.05) is 18.1 Å². The van der Waals surface area contributed by atoms with E-state index in [1.54, 1.807) is 13.3 Å². The van der Waals surface area contributed by atoms with Crippen LogP contribution in [0, 0.1) is 12.3 Å². The third-order valence-corrected chi connectivity index (χ3v) is 2.66. The monoisotopic (exact) mass is 265 g/mol. The Kier molecular flexibility index (Phi) is 4.80. The van der Waals surface area contributed by atoms with Crippen molar-refractivity contribution >= 4 is 11.9 Å². The molecular formula is C17H15NO2. The number of hydrogen-bond donors (Lipinski definition) is 0. The first kappa shape index (κ1) is 13.7. The highest BCUT2D eigenvalue weighted by atomic mass is 16.5. The summed E-state index contributed by atoms with van der Waals surface area (Å²) in [7, 11) is 1.64. The van der Waals surface area contributed by atoms with E-state index < -0.39 is 0 Å². The van der Waals surface area contributed by atoms with Crippen molar-refractivity contribution in [2.45, 2.75) is 0 Å². The molecule has 0 amide bonds. The maximum atomic E-state index is 5.46. The van der Waals surface area contributed by atoms with Crippen molar-refractivity contribution in [2.24, 2.45) is 4.99 Å². The van der Waals surface area contributed by atoms with Gasteiger partial charge in [-0.15, -0.1) is 6.42 Å². The van der Waals surface area contributed by atoms with Crippen LogP contribution in [0.3, 0.4) is 0 Å². The molecule has 0 aliphatic heterocycles.